The number of phenols is 1. The first-order valence-electron chi connectivity index (χ1n) is 5.54. The van der Waals surface area contributed by atoms with E-state index < -0.39 is 5.82 Å². The molecule has 0 aliphatic carbocycles. The molecule has 0 atom stereocenters. The van der Waals surface area contributed by atoms with Gasteiger partial charge in [0.2, 0.25) is 0 Å². The predicted octanol–water partition coefficient (Wildman–Crippen LogP) is 4.21. The van der Waals surface area contributed by atoms with E-state index in [1.54, 1.807) is 12.1 Å². The maximum Gasteiger partial charge on any atom is 0.165 e. The molecule has 0 aromatic heterocycles. The molecule has 0 bridgehead atoms. The van der Waals surface area contributed by atoms with Crippen LogP contribution in [0.25, 0.3) is 0 Å². The summed E-state index contributed by atoms with van der Waals surface area (Å²) in [6.45, 7) is 2.36. The number of rotatable bonds is 3. The molecule has 0 fully saturated rings. The summed E-state index contributed by atoms with van der Waals surface area (Å²) in [4.78, 5) is 0. The van der Waals surface area contributed by atoms with E-state index in [2.05, 4.69) is 21.2 Å². The zero-order valence-corrected chi connectivity index (χ0v) is 11.5. The van der Waals surface area contributed by atoms with Crippen molar-refractivity contribution in [3.05, 3.63) is 57.8 Å². The summed E-state index contributed by atoms with van der Waals surface area (Å²) < 4.78 is 14.1. The van der Waals surface area contributed by atoms with Crippen molar-refractivity contribution in [3.8, 4) is 5.75 Å². The number of hydrogen-bond acceptors (Lipinski definition) is 2. The van der Waals surface area contributed by atoms with E-state index in [1.165, 1.54) is 6.07 Å². The molecule has 0 aliphatic rings. The Morgan fingerprint density at radius 3 is 2.83 bits per heavy atom. The van der Waals surface area contributed by atoms with Crippen molar-refractivity contribution in [2.45, 2.75) is 13.5 Å². The molecule has 0 radical (unpaired) electrons. The average molecular weight is 310 g/mol. The van der Waals surface area contributed by atoms with Crippen LogP contribution in [0.4, 0.5) is 10.1 Å². The summed E-state index contributed by atoms with van der Waals surface area (Å²) in [6, 6.07) is 10.4. The van der Waals surface area contributed by atoms with E-state index in [0.29, 0.717) is 12.1 Å². The summed E-state index contributed by atoms with van der Waals surface area (Å²) in [6.07, 6.45) is 0. The fraction of sp³-hybridized carbons (Fsp3) is 0.143. The van der Waals surface area contributed by atoms with Gasteiger partial charge in [-0.15, -0.1) is 0 Å². The number of benzene rings is 2. The van der Waals surface area contributed by atoms with Gasteiger partial charge in [0.1, 0.15) is 0 Å². The molecule has 0 heterocycles. The van der Waals surface area contributed by atoms with Gasteiger partial charge in [0.15, 0.2) is 11.6 Å². The molecule has 4 heteroatoms. The second kappa shape index (κ2) is 5.40. The summed E-state index contributed by atoms with van der Waals surface area (Å²) in [5.41, 5.74) is 2.58. The predicted molar refractivity (Wildman–Crippen MR) is 74.3 cm³/mol. The number of hydrogen-bond donors (Lipinski definition) is 2. The third-order valence-electron chi connectivity index (χ3n) is 2.66. The molecule has 2 rings (SSSR count). The van der Waals surface area contributed by atoms with Gasteiger partial charge in [-0.05, 0) is 46.6 Å². The van der Waals surface area contributed by atoms with Crippen LogP contribution < -0.4 is 5.32 Å². The maximum absolute atomic E-state index is 13.2. The third-order valence-corrected chi connectivity index (χ3v) is 3.35. The Kier molecular flexibility index (Phi) is 3.87. The second-order valence-corrected chi connectivity index (χ2v) is 4.94. The fourth-order valence-electron chi connectivity index (χ4n) is 1.67. The van der Waals surface area contributed by atoms with E-state index >= 15 is 0 Å². The van der Waals surface area contributed by atoms with Crippen LogP contribution in [0.2, 0.25) is 0 Å². The molecule has 94 valence electrons. The topological polar surface area (TPSA) is 32.3 Å². The zero-order chi connectivity index (χ0) is 13.1. The Balaban J connectivity index is 2.16. The second-order valence-electron chi connectivity index (χ2n) is 4.08. The normalized spacial score (nSPS) is 10.4. The van der Waals surface area contributed by atoms with Gasteiger partial charge in [-0.1, -0.05) is 18.2 Å². The van der Waals surface area contributed by atoms with E-state index in [1.807, 2.05) is 25.1 Å². The lowest BCUT2D eigenvalue weighted by atomic mass is 10.1. The molecule has 0 aliphatic heterocycles. The molecule has 2 N–H and O–H groups in total. The SMILES string of the molecule is Cc1ccc(Br)c(NCc2cccc(F)c2O)c1. The molecule has 18 heavy (non-hydrogen) atoms. The van der Waals surface area contributed by atoms with Crippen LogP contribution in [-0.2, 0) is 6.54 Å². The Hall–Kier alpha value is -1.55. The van der Waals surface area contributed by atoms with Crippen LogP contribution in [0.1, 0.15) is 11.1 Å². The van der Waals surface area contributed by atoms with E-state index in [4.69, 9.17) is 0 Å². The highest BCUT2D eigenvalue weighted by Gasteiger charge is 2.07. The molecular formula is C14H13BrFNO. The highest BCUT2D eigenvalue weighted by Crippen LogP contribution is 2.26. The zero-order valence-electron chi connectivity index (χ0n) is 9.87. The number of nitrogens with one attached hydrogen (secondary N) is 1. The largest absolute Gasteiger partial charge is 0.505 e. The standard InChI is InChI=1S/C14H13BrFNO/c1-9-5-6-11(15)13(7-9)17-8-10-3-2-4-12(16)14(10)18/h2-7,17-18H,8H2,1H3. The number of aromatic hydroxyl groups is 1. The van der Waals surface area contributed by atoms with Crippen molar-refractivity contribution in [1.82, 2.24) is 0 Å². The number of anilines is 1. The van der Waals surface area contributed by atoms with Crippen molar-refractivity contribution in [2.24, 2.45) is 0 Å². The van der Waals surface area contributed by atoms with Crippen LogP contribution in [0.3, 0.4) is 0 Å². The number of aryl methyl sites for hydroxylation is 1. The summed E-state index contributed by atoms with van der Waals surface area (Å²) >= 11 is 3.44. The molecular weight excluding hydrogens is 297 g/mol. The summed E-state index contributed by atoms with van der Waals surface area (Å²) in [7, 11) is 0. The highest BCUT2D eigenvalue weighted by atomic mass is 79.9. The fourth-order valence-corrected chi connectivity index (χ4v) is 2.05. The highest BCUT2D eigenvalue weighted by molar-refractivity contribution is 9.10. The van der Waals surface area contributed by atoms with Gasteiger partial charge in [0.25, 0.3) is 0 Å². The first kappa shape index (κ1) is 12.9. The lowest BCUT2D eigenvalue weighted by Gasteiger charge is -2.11. The van der Waals surface area contributed by atoms with Gasteiger partial charge in [-0.3, -0.25) is 0 Å². The maximum atomic E-state index is 13.2. The van der Waals surface area contributed by atoms with E-state index in [0.717, 1.165) is 15.7 Å². The molecule has 0 unspecified atom stereocenters. The van der Waals surface area contributed by atoms with Crippen molar-refractivity contribution in [3.63, 3.8) is 0 Å². The van der Waals surface area contributed by atoms with Gasteiger partial charge < -0.3 is 10.4 Å². The van der Waals surface area contributed by atoms with E-state index in [9.17, 15) is 9.50 Å². The van der Waals surface area contributed by atoms with Gasteiger partial charge in [0, 0.05) is 22.3 Å². The van der Waals surface area contributed by atoms with Crippen LogP contribution in [0, 0.1) is 12.7 Å². The number of halogens is 2. The first-order chi connectivity index (χ1) is 8.58. The van der Waals surface area contributed by atoms with Crippen molar-refractivity contribution >= 4 is 21.6 Å². The molecule has 0 amide bonds. The minimum Gasteiger partial charge on any atom is -0.505 e. The smallest absolute Gasteiger partial charge is 0.165 e. The quantitative estimate of drug-likeness (QED) is 0.890. The van der Waals surface area contributed by atoms with Crippen molar-refractivity contribution in [2.75, 3.05) is 5.32 Å². The van der Waals surface area contributed by atoms with Gasteiger partial charge >= 0.3 is 0 Å². The van der Waals surface area contributed by atoms with E-state index in [-0.39, 0.29) is 5.75 Å². The molecule has 2 aromatic rings. The molecule has 0 saturated heterocycles. The lowest BCUT2D eigenvalue weighted by Crippen LogP contribution is -2.01. The summed E-state index contributed by atoms with van der Waals surface area (Å²) in [5, 5.41) is 12.7. The lowest BCUT2D eigenvalue weighted by molar-refractivity contribution is 0.427. The molecule has 2 nitrogen and oxygen atoms in total. The van der Waals surface area contributed by atoms with Crippen molar-refractivity contribution in [1.29, 1.82) is 0 Å². The Labute approximate surface area is 114 Å². The molecule has 0 spiro atoms. The monoisotopic (exact) mass is 309 g/mol. The van der Waals surface area contributed by atoms with Crippen LogP contribution in [0.15, 0.2) is 40.9 Å². The first-order valence-corrected chi connectivity index (χ1v) is 6.33. The van der Waals surface area contributed by atoms with Gasteiger partial charge in [-0.25, -0.2) is 4.39 Å². The van der Waals surface area contributed by atoms with Crippen LogP contribution in [0.5, 0.6) is 5.75 Å². The Bertz CT molecular complexity index is 570. The minimum atomic E-state index is -0.599. The van der Waals surface area contributed by atoms with Gasteiger partial charge in [-0.2, -0.15) is 0 Å². The minimum absolute atomic E-state index is 0.297. The number of para-hydroxylation sites is 1. The third kappa shape index (κ3) is 2.82. The van der Waals surface area contributed by atoms with Gasteiger partial charge in [0.05, 0.1) is 0 Å². The summed E-state index contributed by atoms with van der Waals surface area (Å²) in [5.74, 6) is -0.897. The molecule has 0 saturated carbocycles. The Morgan fingerprint density at radius 2 is 2.06 bits per heavy atom. The molecule has 2 aromatic carbocycles. The van der Waals surface area contributed by atoms with Crippen LogP contribution >= 0.6 is 15.9 Å². The average Bonchev–Trinajstić information content (AvgIpc) is 2.35. The number of phenolic OH excluding ortho intramolecular Hbond substituents is 1. The van der Waals surface area contributed by atoms with Crippen LogP contribution in [-0.4, -0.2) is 5.11 Å². The Morgan fingerprint density at radius 1 is 1.28 bits per heavy atom. The van der Waals surface area contributed by atoms with Crippen molar-refractivity contribution < 1.29 is 9.50 Å².